The normalized spacial score (nSPS) is 10.1. The molecule has 0 aliphatic carbocycles. The number of benzene rings is 1. The molecule has 1 heterocycles. The maximum Gasteiger partial charge on any atom is 0.259 e. The summed E-state index contributed by atoms with van der Waals surface area (Å²) in [6, 6.07) is 5.38. The molecular formula is C10H9FN4O. The first-order chi connectivity index (χ1) is 7.66. The van der Waals surface area contributed by atoms with E-state index in [-0.39, 0.29) is 5.56 Å². The van der Waals surface area contributed by atoms with E-state index in [0.717, 1.165) is 6.07 Å². The van der Waals surface area contributed by atoms with E-state index in [1.165, 1.54) is 18.3 Å². The third-order valence-corrected chi connectivity index (χ3v) is 1.98. The van der Waals surface area contributed by atoms with Gasteiger partial charge in [-0.05, 0) is 18.2 Å². The van der Waals surface area contributed by atoms with Gasteiger partial charge in [0.05, 0.1) is 11.8 Å². The van der Waals surface area contributed by atoms with E-state index in [9.17, 15) is 9.18 Å². The topological polar surface area (TPSA) is 83.8 Å². The van der Waals surface area contributed by atoms with Gasteiger partial charge in [-0.2, -0.15) is 5.10 Å². The van der Waals surface area contributed by atoms with Crippen LogP contribution in [0, 0.1) is 5.82 Å². The number of rotatable bonds is 2. The van der Waals surface area contributed by atoms with Crippen LogP contribution in [0.3, 0.4) is 0 Å². The summed E-state index contributed by atoms with van der Waals surface area (Å²) < 4.78 is 13.3. The molecule has 0 fully saturated rings. The Hall–Kier alpha value is -2.37. The Bertz CT molecular complexity index is 510. The van der Waals surface area contributed by atoms with E-state index in [0.29, 0.717) is 11.5 Å². The molecule has 16 heavy (non-hydrogen) atoms. The Kier molecular flexibility index (Phi) is 2.55. The fourth-order valence-corrected chi connectivity index (χ4v) is 1.23. The molecule has 2 rings (SSSR count). The summed E-state index contributed by atoms with van der Waals surface area (Å²) in [7, 11) is 0. The fraction of sp³-hybridized carbons (Fsp3) is 0. The average molecular weight is 220 g/mol. The summed E-state index contributed by atoms with van der Waals surface area (Å²) in [4.78, 5) is 11.6. The average Bonchev–Trinajstić information content (AvgIpc) is 2.74. The van der Waals surface area contributed by atoms with E-state index >= 15 is 0 Å². The SMILES string of the molecule is Nc1ccc(F)c(C(=O)Nc2ccn[nH]2)c1. The number of nitrogens with one attached hydrogen (secondary N) is 2. The zero-order valence-corrected chi connectivity index (χ0v) is 8.20. The molecule has 1 amide bonds. The predicted octanol–water partition coefficient (Wildman–Crippen LogP) is 1.38. The van der Waals surface area contributed by atoms with Gasteiger partial charge in [0.2, 0.25) is 0 Å². The highest BCUT2D eigenvalue weighted by Crippen LogP contribution is 2.13. The van der Waals surface area contributed by atoms with Gasteiger partial charge in [-0.1, -0.05) is 0 Å². The number of carbonyl (C=O) groups is 1. The first kappa shape index (κ1) is 10.2. The number of anilines is 2. The molecule has 0 saturated carbocycles. The Morgan fingerprint density at radius 2 is 2.25 bits per heavy atom. The standard InChI is InChI=1S/C10H9FN4O/c11-8-2-1-6(12)5-7(8)10(16)14-9-3-4-13-15-9/h1-5H,12H2,(H2,13,14,15,16). The van der Waals surface area contributed by atoms with E-state index < -0.39 is 11.7 Å². The van der Waals surface area contributed by atoms with Gasteiger partial charge in [-0.25, -0.2) is 4.39 Å². The summed E-state index contributed by atoms with van der Waals surface area (Å²) in [6.07, 6.45) is 1.48. The number of hydrogen-bond donors (Lipinski definition) is 3. The molecule has 0 radical (unpaired) electrons. The van der Waals surface area contributed by atoms with Crippen LogP contribution in [0.1, 0.15) is 10.4 Å². The van der Waals surface area contributed by atoms with Crippen LogP contribution in [0.15, 0.2) is 30.5 Å². The largest absolute Gasteiger partial charge is 0.399 e. The van der Waals surface area contributed by atoms with Crippen LogP contribution in [-0.2, 0) is 0 Å². The summed E-state index contributed by atoms with van der Waals surface area (Å²) in [5.41, 5.74) is 5.70. The highest BCUT2D eigenvalue weighted by Gasteiger charge is 2.12. The lowest BCUT2D eigenvalue weighted by molar-refractivity contribution is 0.102. The molecule has 0 spiro atoms. The number of hydrogen-bond acceptors (Lipinski definition) is 3. The number of H-pyrrole nitrogens is 1. The van der Waals surface area contributed by atoms with Crippen LogP contribution in [0.2, 0.25) is 0 Å². The van der Waals surface area contributed by atoms with Gasteiger partial charge < -0.3 is 11.1 Å². The second-order valence-corrected chi connectivity index (χ2v) is 3.16. The maximum absolute atomic E-state index is 13.3. The molecule has 1 aromatic carbocycles. The van der Waals surface area contributed by atoms with Crippen LogP contribution in [0.25, 0.3) is 0 Å². The molecule has 0 saturated heterocycles. The van der Waals surface area contributed by atoms with Gasteiger partial charge in [0, 0.05) is 11.8 Å². The molecule has 0 unspecified atom stereocenters. The number of aromatic nitrogens is 2. The Balaban J connectivity index is 2.24. The summed E-state index contributed by atoms with van der Waals surface area (Å²) in [5.74, 6) is -0.799. The summed E-state index contributed by atoms with van der Waals surface area (Å²) >= 11 is 0. The summed E-state index contributed by atoms with van der Waals surface area (Å²) in [6.45, 7) is 0. The highest BCUT2D eigenvalue weighted by molar-refractivity contribution is 6.04. The lowest BCUT2D eigenvalue weighted by Gasteiger charge is -2.04. The van der Waals surface area contributed by atoms with Crippen molar-refractivity contribution >= 4 is 17.4 Å². The van der Waals surface area contributed by atoms with Crippen molar-refractivity contribution in [3.8, 4) is 0 Å². The van der Waals surface area contributed by atoms with Crippen LogP contribution in [-0.4, -0.2) is 16.1 Å². The van der Waals surface area contributed by atoms with E-state index in [1.54, 1.807) is 6.07 Å². The Labute approximate surface area is 90.5 Å². The smallest absolute Gasteiger partial charge is 0.259 e. The number of carbonyl (C=O) groups excluding carboxylic acids is 1. The second-order valence-electron chi connectivity index (χ2n) is 3.16. The number of nitrogen functional groups attached to an aromatic ring is 1. The molecule has 2 aromatic rings. The first-order valence-electron chi connectivity index (χ1n) is 4.52. The van der Waals surface area contributed by atoms with Crippen LogP contribution in [0.4, 0.5) is 15.9 Å². The number of nitrogens with two attached hydrogens (primary N) is 1. The second kappa shape index (κ2) is 4.01. The molecule has 0 aliphatic rings. The van der Waals surface area contributed by atoms with Crippen molar-refractivity contribution in [1.82, 2.24) is 10.2 Å². The van der Waals surface area contributed by atoms with Crippen LogP contribution >= 0.6 is 0 Å². The molecule has 4 N–H and O–H groups in total. The van der Waals surface area contributed by atoms with Crippen LogP contribution in [0.5, 0.6) is 0 Å². The van der Waals surface area contributed by atoms with Gasteiger partial charge in [-0.3, -0.25) is 9.89 Å². The maximum atomic E-state index is 13.3. The monoisotopic (exact) mass is 220 g/mol. The van der Waals surface area contributed by atoms with Crippen molar-refractivity contribution in [2.75, 3.05) is 11.1 Å². The van der Waals surface area contributed by atoms with Gasteiger partial charge in [0.1, 0.15) is 11.6 Å². The highest BCUT2D eigenvalue weighted by atomic mass is 19.1. The number of halogens is 1. The van der Waals surface area contributed by atoms with Crippen molar-refractivity contribution in [2.24, 2.45) is 0 Å². The zero-order chi connectivity index (χ0) is 11.5. The Morgan fingerprint density at radius 3 is 2.94 bits per heavy atom. The fourth-order valence-electron chi connectivity index (χ4n) is 1.23. The first-order valence-corrected chi connectivity index (χ1v) is 4.52. The number of amides is 1. The predicted molar refractivity (Wildman–Crippen MR) is 57.4 cm³/mol. The van der Waals surface area contributed by atoms with E-state index in [2.05, 4.69) is 15.5 Å². The number of nitrogens with zero attached hydrogens (tertiary/aromatic N) is 1. The minimum atomic E-state index is -0.619. The molecule has 82 valence electrons. The van der Waals surface area contributed by atoms with E-state index in [1.807, 2.05) is 0 Å². The van der Waals surface area contributed by atoms with Crippen molar-refractivity contribution in [2.45, 2.75) is 0 Å². The van der Waals surface area contributed by atoms with Gasteiger partial charge in [0.25, 0.3) is 5.91 Å². The minimum Gasteiger partial charge on any atom is -0.399 e. The Morgan fingerprint density at radius 1 is 1.44 bits per heavy atom. The molecular weight excluding hydrogens is 211 g/mol. The van der Waals surface area contributed by atoms with Gasteiger partial charge >= 0.3 is 0 Å². The molecule has 1 aromatic heterocycles. The molecule has 0 aliphatic heterocycles. The van der Waals surface area contributed by atoms with Gasteiger partial charge in [0.15, 0.2) is 0 Å². The lowest BCUT2D eigenvalue weighted by Crippen LogP contribution is -2.14. The molecule has 0 bridgehead atoms. The lowest BCUT2D eigenvalue weighted by atomic mass is 10.2. The third-order valence-electron chi connectivity index (χ3n) is 1.98. The van der Waals surface area contributed by atoms with Crippen molar-refractivity contribution in [1.29, 1.82) is 0 Å². The van der Waals surface area contributed by atoms with Crippen molar-refractivity contribution < 1.29 is 9.18 Å². The van der Waals surface area contributed by atoms with Crippen molar-refractivity contribution in [3.05, 3.63) is 41.8 Å². The third kappa shape index (κ3) is 2.00. The summed E-state index contributed by atoms with van der Waals surface area (Å²) in [5, 5.41) is 8.64. The molecule has 5 nitrogen and oxygen atoms in total. The van der Waals surface area contributed by atoms with Crippen LogP contribution < -0.4 is 11.1 Å². The number of aromatic amines is 1. The molecule has 6 heteroatoms. The molecule has 0 atom stereocenters. The minimum absolute atomic E-state index is 0.102. The zero-order valence-electron chi connectivity index (χ0n) is 8.20. The van der Waals surface area contributed by atoms with E-state index in [4.69, 9.17) is 5.73 Å². The quantitative estimate of drug-likeness (QED) is 0.668. The van der Waals surface area contributed by atoms with Crippen molar-refractivity contribution in [3.63, 3.8) is 0 Å². The van der Waals surface area contributed by atoms with Gasteiger partial charge in [-0.15, -0.1) is 0 Å².